The fraction of sp³-hybridized carbons (Fsp3) is 0.182. The van der Waals surface area contributed by atoms with Gasteiger partial charge >= 0.3 is 0 Å². The van der Waals surface area contributed by atoms with Crippen molar-refractivity contribution in [1.82, 2.24) is 24.7 Å². The minimum atomic E-state index is 0.784. The summed E-state index contributed by atoms with van der Waals surface area (Å²) < 4.78 is 1.86. The van der Waals surface area contributed by atoms with Crippen molar-refractivity contribution in [3.63, 3.8) is 0 Å². The van der Waals surface area contributed by atoms with Crippen molar-refractivity contribution in [2.45, 2.75) is 13.5 Å². The summed E-state index contributed by atoms with van der Waals surface area (Å²) in [6.45, 7) is 2.90. The SMILES string of the molecule is CCn1cc(Nc2ncnc3[nH]ccc23)cn1. The Morgan fingerprint density at radius 2 is 2.35 bits per heavy atom. The maximum absolute atomic E-state index is 4.23. The maximum atomic E-state index is 4.23. The molecule has 17 heavy (non-hydrogen) atoms. The first-order valence-electron chi connectivity index (χ1n) is 5.44. The average Bonchev–Trinajstić information content (AvgIpc) is 2.97. The molecule has 0 amide bonds. The standard InChI is InChI=1S/C11H12N6/c1-2-17-6-8(5-15-17)16-11-9-3-4-12-10(9)13-7-14-11/h3-7H,2H2,1H3,(H2,12,13,14,16). The van der Waals surface area contributed by atoms with E-state index in [4.69, 9.17) is 0 Å². The highest BCUT2D eigenvalue weighted by molar-refractivity contribution is 5.88. The summed E-state index contributed by atoms with van der Waals surface area (Å²) in [5, 5.41) is 8.40. The molecule has 0 spiro atoms. The highest BCUT2D eigenvalue weighted by Gasteiger charge is 2.05. The second-order valence-electron chi connectivity index (χ2n) is 3.67. The van der Waals surface area contributed by atoms with Crippen LogP contribution in [0.25, 0.3) is 11.0 Å². The zero-order valence-corrected chi connectivity index (χ0v) is 9.38. The molecule has 6 nitrogen and oxygen atoms in total. The van der Waals surface area contributed by atoms with Gasteiger partial charge in [0.1, 0.15) is 17.8 Å². The first-order chi connectivity index (χ1) is 8.36. The van der Waals surface area contributed by atoms with Gasteiger partial charge in [0.15, 0.2) is 0 Å². The van der Waals surface area contributed by atoms with Crippen molar-refractivity contribution in [2.24, 2.45) is 0 Å². The number of hydrogen-bond acceptors (Lipinski definition) is 4. The van der Waals surface area contributed by atoms with Gasteiger partial charge in [0.05, 0.1) is 17.3 Å². The largest absolute Gasteiger partial charge is 0.346 e. The molecule has 3 aromatic rings. The van der Waals surface area contributed by atoms with E-state index >= 15 is 0 Å². The number of hydrogen-bond donors (Lipinski definition) is 2. The third-order valence-electron chi connectivity index (χ3n) is 2.57. The second-order valence-corrected chi connectivity index (χ2v) is 3.67. The molecule has 2 N–H and O–H groups in total. The van der Waals surface area contributed by atoms with Crippen molar-refractivity contribution < 1.29 is 0 Å². The molecule has 0 radical (unpaired) electrons. The van der Waals surface area contributed by atoms with Gasteiger partial charge in [0.2, 0.25) is 0 Å². The van der Waals surface area contributed by atoms with E-state index in [9.17, 15) is 0 Å². The molecule has 0 aliphatic heterocycles. The Morgan fingerprint density at radius 3 is 3.18 bits per heavy atom. The number of H-pyrrole nitrogens is 1. The molecule has 0 aromatic carbocycles. The Kier molecular flexibility index (Phi) is 2.25. The van der Waals surface area contributed by atoms with Gasteiger partial charge in [-0.1, -0.05) is 0 Å². The van der Waals surface area contributed by atoms with Crippen LogP contribution in [0.3, 0.4) is 0 Å². The van der Waals surface area contributed by atoms with Gasteiger partial charge in [-0.25, -0.2) is 9.97 Å². The zero-order valence-electron chi connectivity index (χ0n) is 9.38. The van der Waals surface area contributed by atoms with Gasteiger partial charge in [-0.2, -0.15) is 5.10 Å². The monoisotopic (exact) mass is 228 g/mol. The summed E-state index contributed by atoms with van der Waals surface area (Å²) in [4.78, 5) is 11.4. The molecular weight excluding hydrogens is 216 g/mol. The van der Waals surface area contributed by atoms with Gasteiger partial charge in [0, 0.05) is 18.9 Å². The number of aromatic nitrogens is 5. The van der Waals surface area contributed by atoms with E-state index in [0.717, 1.165) is 29.1 Å². The fourth-order valence-electron chi connectivity index (χ4n) is 1.71. The van der Waals surface area contributed by atoms with Crippen molar-refractivity contribution in [3.8, 4) is 0 Å². The predicted molar refractivity (Wildman–Crippen MR) is 65.1 cm³/mol. The molecule has 0 aliphatic carbocycles. The summed E-state index contributed by atoms with van der Waals surface area (Å²) >= 11 is 0. The first-order valence-corrected chi connectivity index (χ1v) is 5.44. The third kappa shape index (κ3) is 1.73. The summed E-state index contributed by atoms with van der Waals surface area (Å²) in [5.74, 6) is 0.784. The van der Waals surface area contributed by atoms with Crippen LogP contribution in [0.15, 0.2) is 31.0 Å². The van der Waals surface area contributed by atoms with Crippen molar-refractivity contribution in [1.29, 1.82) is 0 Å². The highest BCUT2D eigenvalue weighted by atomic mass is 15.3. The molecule has 0 unspecified atom stereocenters. The lowest BCUT2D eigenvalue weighted by molar-refractivity contribution is 0.660. The van der Waals surface area contributed by atoms with Crippen molar-refractivity contribution in [3.05, 3.63) is 31.0 Å². The topological polar surface area (TPSA) is 71.4 Å². The van der Waals surface area contributed by atoms with E-state index in [-0.39, 0.29) is 0 Å². The van der Waals surface area contributed by atoms with Gasteiger partial charge < -0.3 is 10.3 Å². The number of nitrogens with zero attached hydrogens (tertiary/aromatic N) is 4. The molecule has 0 saturated carbocycles. The number of rotatable bonds is 3. The lowest BCUT2D eigenvalue weighted by Gasteiger charge is -2.02. The predicted octanol–water partition coefficient (Wildman–Crippen LogP) is 1.92. The minimum Gasteiger partial charge on any atom is -0.346 e. The number of anilines is 2. The fourth-order valence-corrected chi connectivity index (χ4v) is 1.71. The Hall–Kier alpha value is -2.37. The van der Waals surface area contributed by atoms with Crippen LogP contribution >= 0.6 is 0 Å². The molecule has 0 atom stereocenters. The van der Waals surface area contributed by atoms with Crippen LogP contribution in [0.1, 0.15) is 6.92 Å². The van der Waals surface area contributed by atoms with Gasteiger partial charge in [0.25, 0.3) is 0 Å². The van der Waals surface area contributed by atoms with Crippen LogP contribution < -0.4 is 5.32 Å². The normalized spacial score (nSPS) is 10.9. The Morgan fingerprint density at radius 1 is 1.41 bits per heavy atom. The quantitative estimate of drug-likeness (QED) is 0.718. The van der Waals surface area contributed by atoms with E-state index in [1.165, 1.54) is 6.33 Å². The van der Waals surface area contributed by atoms with Crippen LogP contribution in [0.2, 0.25) is 0 Å². The van der Waals surface area contributed by atoms with E-state index in [2.05, 4.69) is 25.4 Å². The average molecular weight is 228 g/mol. The lowest BCUT2D eigenvalue weighted by Crippen LogP contribution is -1.95. The van der Waals surface area contributed by atoms with Crippen molar-refractivity contribution in [2.75, 3.05) is 5.32 Å². The number of aryl methyl sites for hydroxylation is 1. The first kappa shape index (κ1) is 9.83. The molecule has 3 rings (SSSR count). The lowest BCUT2D eigenvalue weighted by atomic mass is 10.3. The molecule has 0 fully saturated rings. The van der Waals surface area contributed by atoms with Crippen LogP contribution in [0.4, 0.5) is 11.5 Å². The molecule has 3 heterocycles. The van der Waals surface area contributed by atoms with Gasteiger partial charge in [-0.15, -0.1) is 0 Å². The molecule has 0 aliphatic rings. The van der Waals surface area contributed by atoms with Crippen LogP contribution in [0, 0.1) is 0 Å². The molecule has 0 bridgehead atoms. The molecule has 3 aromatic heterocycles. The molecule has 6 heteroatoms. The summed E-state index contributed by atoms with van der Waals surface area (Å²) in [5.41, 5.74) is 1.75. The number of fused-ring (bicyclic) bond motifs is 1. The molecule has 0 saturated heterocycles. The molecule has 86 valence electrons. The Bertz CT molecular complexity index is 638. The van der Waals surface area contributed by atoms with Crippen LogP contribution in [0.5, 0.6) is 0 Å². The van der Waals surface area contributed by atoms with Gasteiger partial charge in [-0.05, 0) is 13.0 Å². The summed E-state index contributed by atoms with van der Waals surface area (Å²) in [6.07, 6.45) is 7.11. The maximum Gasteiger partial charge on any atom is 0.143 e. The van der Waals surface area contributed by atoms with Crippen LogP contribution in [-0.2, 0) is 6.54 Å². The Labute approximate surface area is 97.7 Å². The highest BCUT2D eigenvalue weighted by Crippen LogP contribution is 2.21. The summed E-state index contributed by atoms with van der Waals surface area (Å²) in [6, 6.07) is 1.95. The van der Waals surface area contributed by atoms with Gasteiger partial charge in [-0.3, -0.25) is 4.68 Å². The molecular formula is C11H12N6. The third-order valence-corrected chi connectivity index (χ3v) is 2.57. The zero-order chi connectivity index (χ0) is 11.7. The van der Waals surface area contributed by atoms with Crippen LogP contribution in [-0.4, -0.2) is 24.7 Å². The second kappa shape index (κ2) is 3.89. The smallest absolute Gasteiger partial charge is 0.143 e. The minimum absolute atomic E-state index is 0.784. The summed E-state index contributed by atoms with van der Waals surface area (Å²) in [7, 11) is 0. The van der Waals surface area contributed by atoms with Crippen molar-refractivity contribution >= 4 is 22.5 Å². The number of aromatic amines is 1. The van der Waals surface area contributed by atoms with E-state index in [1.54, 1.807) is 6.20 Å². The van der Waals surface area contributed by atoms with E-state index in [1.807, 2.05) is 30.1 Å². The van der Waals surface area contributed by atoms with E-state index in [0.29, 0.717) is 0 Å². The number of nitrogens with one attached hydrogen (secondary N) is 2. The Balaban J connectivity index is 1.96. The van der Waals surface area contributed by atoms with E-state index < -0.39 is 0 Å².